The lowest BCUT2D eigenvalue weighted by molar-refractivity contribution is -0.117. The number of amides is 1. The summed E-state index contributed by atoms with van der Waals surface area (Å²) in [5, 5.41) is 5.22. The second-order valence-electron chi connectivity index (χ2n) is 3.64. The van der Waals surface area contributed by atoms with Crippen LogP contribution in [0, 0.1) is 0 Å². The molecule has 0 saturated carbocycles. The Labute approximate surface area is 107 Å². The first-order valence-corrected chi connectivity index (χ1v) is 6.03. The number of hydrogen-bond donors (Lipinski definition) is 2. The van der Waals surface area contributed by atoms with E-state index in [1.165, 1.54) is 0 Å². The van der Waals surface area contributed by atoms with Crippen molar-refractivity contribution in [3.8, 4) is 0 Å². The lowest BCUT2D eigenvalue weighted by Gasteiger charge is -2.08. The van der Waals surface area contributed by atoms with Crippen molar-refractivity contribution in [2.24, 2.45) is 5.73 Å². The number of aromatic nitrogens is 1. The van der Waals surface area contributed by atoms with Crippen LogP contribution in [0.15, 0.2) is 34.9 Å². The zero-order valence-corrected chi connectivity index (χ0v) is 10.7. The quantitative estimate of drug-likeness (QED) is 0.909. The van der Waals surface area contributed by atoms with Crippen molar-refractivity contribution in [2.75, 3.05) is 11.9 Å². The van der Waals surface area contributed by atoms with Crippen LogP contribution in [0.4, 0.5) is 5.82 Å². The Balaban J connectivity index is 2.28. The minimum Gasteiger partial charge on any atom is -0.370 e. The van der Waals surface area contributed by atoms with Crippen molar-refractivity contribution in [3.05, 3.63) is 34.9 Å². The largest absolute Gasteiger partial charge is 0.370 e. The molecule has 1 aromatic heterocycles. The average molecular weight is 294 g/mol. The molecule has 0 aliphatic rings. The molecule has 17 heavy (non-hydrogen) atoms. The first kappa shape index (κ1) is 11.9. The first-order chi connectivity index (χ1) is 8.18. The first-order valence-electron chi connectivity index (χ1n) is 5.24. The maximum Gasteiger partial charge on any atom is 0.219 e. The number of fused-ring (bicyclic) bond motifs is 1. The van der Waals surface area contributed by atoms with E-state index in [-0.39, 0.29) is 5.91 Å². The standard InChI is InChI=1S/C12H12BrN3O/c13-10-3-1-2-9-8(10)4-6-15-12(9)16-7-5-11(14)17/h1-4,6H,5,7H2,(H2,14,17)(H,15,16). The summed E-state index contributed by atoms with van der Waals surface area (Å²) in [6.07, 6.45) is 2.03. The summed E-state index contributed by atoms with van der Waals surface area (Å²) in [7, 11) is 0. The predicted octanol–water partition coefficient (Wildman–Crippen LogP) is 2.28. The SMILES string of the molecule is NC(=O)CCNc1nccc2c(Br)cccc12. The van der Waals surface area contributed by atoms with Crippen LogP contribution in [0.1, 0.15) is 6.42 Å². The summed E-state index contributed by atoms with van der Waals surface area (Å²) in [6.45, 7) is 0.494. The number of pyridine rings is 1. The van der Waals surface area contributed by atoms with Crippen molar-refractivity contribution in [1.82, 2.24) is 4.98 Å². The van der Waals surface area contributed by atoms with Crippen molar-refractivity contribution in [1.29, 1.82) is 0 Å². The second kappa shape index (κ2) is 5.14. The average Bonchev–Trinajstić information content (AvgIpc) is 2.30. The van der Waals surface area contributed by atoms with Gasteiger partial charge in [-0.2, -0.15) is 0 Å². The highest BCUT2D eigenvalue weighted by molar-refractivity contribution is 9.10. The fraction of sp³-hybridized carbons (Fsp3) is 0.167. The fourth-order valence-corrected chi connectivity index (χ4v) is 2.11. The van der Waals surface area contributed by atoms with Gasteiger partial charge in [-0.25, -0.2) is 4.98 Å². The molecule has 2 aromatic rings. The van der Waals surface area contributed by atoms with E-state index < -0.39 is 0 Å². The number of carbonyl (C=O) groups is 1. The number of nitrogens with two attached hydrogens (primary N) is 1. The number of nitrogens with one attached hydrogen (secondary N) is 1. The van der Waals surface area contributed by atoms with Crippen LogP contribution in [0.3, 0.4) is 0 Å². The van der Waals surface area contributed by atoms with Crippen LogP contribution in [0.5, 0.6) is 0 Å². The smallest absolute Gasteiger partial charge is 0.219 e. The molecule has 0 spiro atoms. The van der Waals surface area contributed by atoms with Gasteiger partial charge in [0.15, 0.2) is 0 Å². The van der Waals surface area contributed by atoms with Gasteiger partial charge < -0.3 is 11.1 Å². The summed E-state index contributed by atoms with van der Waals surface area (Å²) in [6, 6.07) is 7.86. The topological polar surface area (TPSA) is 68.0 Å². The van der Waals surface area contributed by atoms with Crippen LogP contribution in [0.2, 0.25) is 0 Å². The van der Waals surface area contributed by atoms with Gasteiger partial charge >= 0.3 is 0 Å². The van der Waals surface area contributed by atoms with Gasteiger partial charge in [0.2, 0.25) is 5.91 Å². The summed E-state index contributed by atoms with van der Waals surface area (Å²) in [5.41, 5.74) is 5.09. The molecule has 88 valence electrons. The van der Waals surface area contributed by atoms with E-state index in [4.69, 9.17) is 5.73 Å². The molecule has 5 heteroatoms. The van der Waals surface area contributed by atoms with Gasteiger partial charge in [-0.1, -0.05) is 28.1 Å². The fourth-order valence-electron chi connectivity index (χ4n) is 1.61. The summed E-state index contributed by atoms with van der Waals surface area (Å²) in [5.74, 6) is 0.448. The molecule has 3 N–H and O–H groups in total. The minimum absolute atomic E-state index is 0.298. The molecule has 1 heterocycles. The van der Waals surface area contributed by atoms with E-state index in [1.807, 2.05) is 24.3 Å². The van der Waals surface area contributed by atoms with E-state index in [0.29, 0.717) is 13.0 Å². The van der Waals surface area contributed by atoms with Gasteiger partial charge in [-0.15, -0.1) is 0 Å². The van der Waals surface area contributed by atoms with E-state index in [0.717, 1.165) is 21.1 Å². The molecule has 0 fully saturated rings. The van der Waals surface area contributed by atoms with E-state index in [9.17, 15) is 4.79 Å². The highest BCUT2D eigenvalue weighted by Crippen LogP contribution is 2.27. The molecular weight excluding hydrogens is 282 g/mol. The van der Waals surface area contributed by atoms with E-state index in [2.05, 4.69) is 26.2 Å². The van der Waals surface area contributed by atoms with Crippen molar-refractivity contribution in [3.63, 3.8) is 0 Å². The molecular formula is C12H12BrN3O. The number of primary amides is 1. The van der Waals surface area contributed by atoms with Gasteiger partial charge in [-0.3, -0.25) is 4.79 Å². The number of anilines is 1. The van der Waals surface area contributed by atoms with E-state index in [1.54, 1.807) is 6.20 Å². The number of halogens is 1. The zero-order chi connectivity index (χ0) is 12.3. The van der Waals surface area contributed by atoms with Crippen molar-refractivity contribution < 1.29 is 4.79 Å². The number of carbonyl (C=O) groups excluding carboxylic acids is 1. The maximum absolute atomic E-state index is 10.7. The molecule has 0 saturated heterocycles. The molecule has 0 aliphatic carbocycles. The van der Waals surface area contributed by atoms with Gasteiger partial charge in [-0.05, 0) is 12.1 Å². The Morgan fingerprint density at radius 3 is 2.94 bits per heavy atom. The van der Waals surface area contributed by atoms with Crippen LogP contribution in [0.25, 0.3) is 10.8 Å². The van der Waals surface area contributed by atoms with Crippen LogP contribution >= 0.6 is 15.9 Å². The molecule has 2 rings (SSSR count). The monoisotopic (exact) mass is 293 g/mol. The highest BCUT2D eigenvalue weighted by Gasteiger charge is 2.04. The Hall–Kier alpha value is -1.62. The van der Waals surface area contributed by atoms with Crippen LogP contribution < -0.4 is 11.1 Å². The third-order valence-electron chi connectivity index (χ3n) is 2.42. The Kier molecular flexibility index (Phi) is 3.58. The Bertz CT molecular complexity index is 556. The zero-order valence-electron chi connectivity index (χ0n) is 9.11. The van der Waals surface area contributed by atoms with Crippen molar-refractivity contribution in [2.45, 2.75) is 6.42 Å². The second-order valence-corrected chi connectivity index (χ2v) is 4.49. The van der Waals surface area contributed by atoms with Crippen molar-refractivity contribution >= 4 is 38.4 Å². The number of benzene rings is 1. The summed E-state index contributed by atoms with van der Waals surface area (Å²) in [4.78, 5) is 14.9. The number of nitrogens with zero attached hydrogens (tertiary/aromatic N) is 1. The highest BCUT2D eigenvalue weighted by atomic mass is 79.9. The van der Waals surface area contributed by atoms with E-state index >= 15 is 0 Å². The molecule has 0 radical (unpaired) electrons. The summed E-state index contributed by atoms with van der Waals surface area (Å²) >= 11 is 3.49. The van der Waals surface area contributed by atoms with Crippen LogP contribution in [-0.4, -0.2) is 17.4 Å². The predicted molar refractivity (Wildman–Crippen MR) is 71.7 cm³/mol. The molecule has 1 aromatic carbocycles. The van der Waals surface area contributed by atoms with Gasteiger partial charge in [0.05, 0.1) is 0 Å². The number of rotatable bonds is 4. The molecule has 4 nitrogen and oxygen atoms in total. The third kappa shape index (κ3) is 2.74. The van der Waals surface area contributed by atoms with Gasteiger partial charge in [0.25, 0.3) is 0 Å². The molecule has 0 atom stereocenters. The summed E-state index contributed by atoms with van der Waals surface area (Å²) < 4.78 is 1.02. The lowest BCUT2D eigenvalue weighted by Crippen LogP contribution is -2.16. The van der Waals surface area contributed by atoms with Crippen LogP contribution in [-0.2, 0) is 4.79 Å². The molecule has 0 aliphatic heterocycles. The van der Waals surface area contributed by atoms with Gasteiger partial charge in [0.1, 0.15) is 5.82 Å². The number of hydrogen-bond acceptors (Lipinski definition) is 3. The molecule has 0 bridgehead atoms. The maximum atomic E-state index is 10.7. The molecule has 1 amide bonds. The van der Waals surface area contributed by atoms with Gasteiger partial charge in [0, 0.05) is 34.4 Å². The lowest BCUT2D eigenvalue weighted by atomic mass is 10.1. The Morgan fingerprint density at radius 1 is 1.35 bits per heavy atom. The molecule has 0 unspecified atom stereocenters. The normalized spacial score (nSPS) is 10.4. The third-order valence-corrected chi connectivity index (χ3v) is 3.11. The minimum atomic E-state index is -0.320. The Morgan fingerprint density at radius 2 is 2.18 bits per heavy atom.